The van der Waals surface area contributed by atoms with E-state index in [1.165, 1.54) is 16.5 Å². The Morgan fingerprint density at radius 3 is 2.33 bits per heavy atom. The standard InChI is InChI=1S/C19H22N4Si/c1-22-13-15(14-9-5-7-11-17(14)22)19(24(2,3)4)23-18-12-8-6-10-16(18)20-21-23/h5-13,19H,1-4H3. The molecule has 2 heterocycles. The van der Waals surface area contributed by atoms with Crippen LogP contribution in [0.4, 0.5) is 0 Å². The third kappa shape index (κ3) is 2.27. The molecule has 122 valence electrons. The second kappa shape index (κ2) is 5.31. The highest BCUT2D eigenvalue weighted by Gasteiger charge is 2.34. The van der Waals surface area contributed by atoms with E-state index in [9.17, 15) is 0 Å². The number of hydrogen-bond donors (Lipinski definition) is 0. The topological polar surface area (TPSA) is 35.6 Å². The Labute approximate surface area is 142 Å². The van der Waals surface area contributed by atoms with Gasteiger partial charge in [0.15, 0.2) is 0 Å². The molecule has 24 heavy (non-hydrogen) atoms. The highest BCUT2D eigenvalue weighted by atomic mass is 28.3. The Morgan fingerprint density at radius 1 is 0.917 bits per heavy atom. The van der Waals surface area contributed by atoms with Crippen molar-refractivity contribution in [1.82, 2.24) is 19.6 Å². The van der Waals surface area contributed by atoms with Gasteiger partial charge in [0, 0.05) is 24.1 Å². The van der Waals surface area contributed by atoms with Gasteiger partial charge in [0.2, 0.25) is 0 Å². The van der Waals surface area contributed by atoms with E-state index in [4.69, 9.17) is 0 Å². The third-order valence-electron chi connectivity index (χ3n) is 4.66. The van der Waals surface area contributed by atoms with Crippen molar-refractivity contribution in [2.24, 2.45) is 7.05 Å². The number of nitrogens with zero attached hydrogens (tertiary/aromatic N) is 4. The summed E-state index contributed by atoms with van der Waals surface area (Å²) in [7, 11) is 0.512. The lowest BCUT2D eigenvalue weighted by molar-refractivity contribution is 0.630. The highest BCUT2D eigenvalue weighted by Crippen LogP contribution is 2.35. The molecule has 0 aliphatic rings. The predicted molar refractivity (Wildman–Crippen MR) is 102 cm³/mol. The molecular formula is C19H22N4Si. The second-order valence-corrected chi connectivity index (χ2v) is 12.8. The number of hydrogen-bond acceptors (Lipinski definition) is 2. The Bertz CT molecular complexity index is 1020. The predicted octanol–water partition coefficient (Wildman–Crippen LogP) is 4.39. The van der Waals surface area contributed by atoms with Gasteiger partial charge in [-0.15, -0.1) is 5.10 Å². The van der Waals surface area contributed by atoms with Crippen LogP contribution in [-0.4, -0.2) is 27.6 Å². The summed E-state index contributed by atoms with van der Waals surface area (Å²) in [4.78, 5) is 0. The first kappa shape index (κ1) is 15.1. The summed E-state index contributed by atoms with van der Waals surface area (Å²) in [6, 6.07) is 16.8. The van der Waals surface area contributed by atoms with E-state index >= 15 is 0 Å². The minimum absolute atomic E-state index is 0.246. The van der Waals surface area contributed by atoms with E-state index in [-0.39, 0.29) is 5.67 Å². The molecule has 0 aliphatic heterocycles. The molecule has 0 aliphatic carbocycles. The van der Waals surface area contributed by atoms with Crippen molar-refractivity contribution in [2.45, 2.75) is 25.3 Å². The summed E-state index contributed by atoms with van der Waals surface area (Å²) in [6.45, 7) is 7.20. The molecule has 0 amide bonds. The number of para-hydroxylation sites is 2. The van der Waals surface area contributed by atoms with Gasteiger partial charge in [-0.05, 0) is 23.8 Å². The van der Waals surface area contributed by atoms with Crippen LogP contribution in [0.25, 0.3) is 21.9 Å². The molecule has 0 bridgehead atoms. The number of fused-ring (bicyclic) bond motifs is 2. The van der Waals surface area contributed by atoms with Crippen molar-refractivity contribution < 1.29 is 0 Å². The van der Waals surface area contributed by atoms with Crippen LogP contribution < -0.4 is 0 Å². The maximum Gasteiger partial charge on any atom is 0.113 e. The van der Waals surface area contributed by atoms with Crippen molar-refractivity contribution in [3.05, 3.63) is 60.3 Å². The molecule has 0 saturated carbocycles. The lowest BCUT2D eigenvalue weighted by atomic mass is 10.1. The first-order valence-corrected chi connectivity index (χ1v) is 11.9. The van der Waals surface area contributed by atoms with Gasteiger partial charge in [-0.2, -0.15) is 0 Å². The SMILES string of the molecule is Cn1cc(C(n2nnc3ccccc32)[Si](C)(C)C)c2ccccc21. The zero-order chi connectivity index (χ0) is 16.9. The fourth-order valence-corrected chi connectivity index (χ4v) is 5.72. The van der Waals surface area contributed by atoms with Crippen molar-refractivity contribution >= 4 is 30.0 Å². The van der Waals surface area contributed by atoms with Crippen LogP contribution >= 0.6 is 0 Å². The Hall–Kier alpha value is -2.40. The zero-order valence-corrected chi connectivity index (χ0v) is 15.6. The fraction of sp³-hybridized carbons (Fsp3) is 0.263. The molecule has 4 nitrogen and oxygen atoms in total. The molecule has 0 spiro atoms. The Kier molecular flexibility index (Phi) is 3.35. The number of aryl methyl sites for hydroxylation is 1. The first-order chi connectivity index (χ1) is 11.5. The minimum atomic E-state index is -1.61. The molecule has 4 aromatic rings. The maximum atomic E-state index is 4.55. The van der Waals surface area contributed by atoms with Gasteiger partial charge < -0.3 is 4.57 Å². The molecular weight excluding hydrogens is 312 g/mol. The van der Waals surface area contributed by atoms with E-state index in [2.05, 4.69) is 88.8 Å². The van der Waals surface area contributed by atoms with Crippen molar-refractivity contribution in [2.75, 3.05) is 0 Å². The Balaban J connectivity index is 2.02. The summed E-state index contributed by atoms with van der Waals surface area (Å²) in [5.41, 5.74) is 4.93. The lowest BCUT2D eigenvalue weighted by Gasteiger charge is -2.29. The quantitative estimate of drug-likeness (QED) is 0.521. The van der Waals surface area contributed by atoms with Gasteiger partial charge in [-0.25, -0.2) is 4.68 Å². The number of benzene rings is 2. The maximum absolute atomic E-state index is 4.55. The van der Waals surface area contributed by atoms with E-state index in [0.717, 1.165) is 11.0 Å². The second-order valence-electron chi connectivity index (χ2n) is 7.50. The molecule has 0 radical (unpaired) electrons. The van der Waals surface area contributed by atoms with Gasteiger partial charge in [-0.3, -0.25) is 0 Å². The largest absolute Gasteiger partial charge is 0.350 e. The van der Waals surface area contributed by atoms with Gasteiger partial charge in [0.05, 0.1) is 19.3 Å². The summed E-state index contributed by atoms with van der Waals surface area (Å²) in [5.74, 6) is 0. The molecule has 4 rings (SSSR count). The molecule has 2 aromatic heterocycles. The first-order valence-electron chi connectivity index (χ1n) is 8.31. The van der Waals surface area contributed by atoms with Crippen LogP contribution in [0.3, 0.4) is 0 Å². The molecule has 1 unspecified atom stereocenters. The third-order valence-corrected chi connectivity index (χ3v) is 6.86. The smallest absolute Gasteiger partial charge is 0.113 e. The van der Waals surface area contributed by atoms with Crippen molar-refractivity contribution in [3.63, 3.8) is 0 Å². The van der Waals surface area contributed by atoms with Gasteiger partial charge in [0.25, 0.3) is 0 Å². The number of rotatable bonds is 3. The van der Waals surface area contributed by atoms with Crippen molar-refractivity contribution in [1.29, 1.82) is 0 Å². The summed E-state index contributed by atoms with van der Waals surface area (Å²) < 4.78 is 4.36. The summed E-state index contributed by atoms with van der Waals surface area (Å²) in [5, 5.41) is 10.3. The van der Waals surface area contributed by atoms with Crippen LogP contribution in [0.1, 0.15) is 11.2 Å². The van der Waals surface area contributed by atoms with E-state index in [0.29, 0.717) is 0 Å². The van der Waals surface area contributed by atoms with E-state index < -0.39 is 8.07 Å². The van der Waals surface area contributed by atoms with Crippen LogP contribution in [0.2, 0.25) is 19.6 Å². The van der Waals surface area contributed by atoms with Gasteiger partial charge in [-0.1, -0.05) is 55.2 Å². The zero-order valence-electron chi connectivity index (χ0n) is 14.6. The normalized spacial score (nSPS) is 13.7. The van der Waals surface area contributed by atoms with Crippen LogP contribution in [-0.2, 0) is 7.05 Å². The summed E-state index contributed by atoms with van der Waals surface area (Å²) in [6.07, 6.45) is 2.27. The molecule has 0 saturated heterocycles. The number of aromatic nitrogens is 4. The molecule has 0 fully saturated rings. The van der Waals surface area contributed by atoms with Gasteiger partial charge in [0.1, 0.15) is 5.52 Å². The lowest BCUT2D eigenvalue weighted by Crippen LogP contribution is -2.36. The Morgan fingerprint density at radius 2 is 1.58 bits per heavy atom. The monoisotopic (exact) mass is 334 g/mol. The average Bonchev–Trinajstić information content (AvgIpc) is 3.10. The van der Waals surface area contributed by atoms with Crippen LogP contribution in [0, 0.1) is 0 Å². The average molecular weight is 334 g/mol. The van der Waals surface area contributed by atoms with Crippen molar-refractivity contribution in [3.8, 4) is 0 Å². The minimum Gasteiger partial charge on any atom is -0.350 e. The molecule has 1 atom stereocenters. The van der Waals surface area contributed by atoms with Crippen LogP contribution in [0.5, 0.6) is 0 Å². The highest BCUT2D eigenvalue weighted by molar-refractivity contribution is 6.77. The molecule has 0 N–H and O–H groups in total. The van der Waals surface area contributed by atoms with E-state index in [1.807, 2.05) is 12.1 Å². The van der Waals surface area contributed by atoms with Crippen LogP contribution in [0.15, 0.2) is 54.7 Å². The fourth-order valence-electron chi connectivity index (χ4n) is 3.63. The van der Waals surface area contributed by atoms with E-state index in [1.54, 1.807) is 0 Å². The summed E-state index contributed by atoms with van der Waals surface area (Å²) >= 11 is 0. The molecule has 5 heteroatoms. The molecule has 2 aromatic carbocycles. The van der Waals surface area contributed by atoms with Gasteiger partial charge >= 0.3 is 0 Å².